The maximum atomic E-state index is 13.2. The van der Waals surface area contributed by atoms with Gasteiger partial charge in [0, 0.05) is 29.4 Å². The average Bonchev–Trinajstić information content (AvgIpc) is 3.33. The Kier molecular flexibility index (Phi) is 8.37. The molecule has 1 aromatic heterocycles. The number of nitro benzene ring substituents is 1. The standard InChI is InChI=1S/C25H26N2O6S/c1-17-6-4-8-22(24(17)27(30)31)25(29)33-16-23(28)26(18(2)14-21-7-5-13-34-21)15-19-9-11-20(32-3)12-10-19/h4-13,18H,14-16H2,1-3H3. The molecule has 0 aliphatic rings. The minimum atomic E-state index is -0.904. The van der Waals surface area contributed by atoms with E-state index in [-0.39, 0.29) is 23.2 Å². The highest BCUT2D eigenvalue weighted by Crippen LogP contribution is 2.24. The number of ether oxygens (including phenoxy) is 2. The molecule has 9 heteroatoms. The van der Waals surface area contributed by atoms with Gasteiger partial charge in [0.1, 0.15) is 11.3 Å². The summed E-state index contributed by atoms with van der Waals surface area (Å²) in [5.41, 5.74) is 0.747. The highest BCUT2D eigenvalue weighted by Gasteiger charge is 2.26. The summed E-state index contributed by atoms with van der Waals surface area (Å²) in [4.78, 5) is 39.3. The first-order valence-electron chi connectivity index (χ1n) is 10.7. The first-order valence-corrected chi connectivity index (χ1v) is 11.5. The third kappa shape index (κ3) is 6.20. The van der Waals surface area contributed by atoms with Crippen LogP contribution in [0.1, 0.15) is 33.3 Å². The molecule has 0 spiro atoms. The van der Waals surface area contributed by atoms with Gasteiger partial charge in [-0.25, -0.2) is 4.79 Å². The molecule has 0 radical (unpaired) electrons. The molecule has 0 saturated heterocycles. The quantitative estimate of drug-likeness (QED) is 0.234. The number of nitrogens with zero attached hydrogens (tertiary/aromatic N) is 2. The van der Waals surface area contributed by atoms with Crippen LogP contribution < -0.4 is 4.74 Å². The Morgan fingerprint density at radius 2 is 1.85 bits per heavy atom. The van der Waals surface area contributed by atoms with Crippen molar-refractivity contribution in [1.29, 1.82) is 0 Å². The van der Waals surface area contributed by atoms with Gasteiger partial charge in [-0.2, -0.15) is 0 Å². The molecule has 1 heterocycles. The van der Waals surface area contributed by atoms with Gasteiger partial charge in [0.25, 0.3) is 11.6 Å². The van der Waals surface area contributed by atoms with Gasteiger partial charge in [0.15, 0.2) is 6.61 Å². The molecule has 0 fully saturated rings. The van der Waals surface area contributed by atoms with E-state index in [0.29, 0.717) is 24.3 Å². The monoisotopic (exact) mass is 482 g/mol. The van der Waals surface area contributed by atoms with Crippen molar-refractivity contribution in [3.63, 3.8) is 0 Å². The van der Waals surface area contributed by atoms with Crippen molar-refractivity contribution in [3.05, 3.63) is 91.7 Å². The van der Waals surface area contributed by atoms with Gasteiger partial charge < -0.3 is 14.4 Å². The third-order valence-electron chi connectivity index (χ3n) is 5.41. The topological polar surface area (TPSA) is 99.0 Å². The summed E-state index contributed by atoms with van der Waals surface area (Å²) in [6.45, 7) is 3.28. The molecule has 0 aliphatic heterocycles. The minimum absolute atomic E-state index is 0.166. The highest BCUT2D eigenvalue weighted by molar-refractivity contribution is 7.09. The lowest BCUT2D eigenvalue weighted by Gasteiger charge is -2.29. The molecule has 3 aromatic rings. The first kappa shape index (κ1) is 24.9. The maximum Gasteiger partial charge on any atom is 0.345 e. The third-order valence-corrected chi connectivity index (χ3v) is 6.31. The summed E-state index contributed by atoms with van der Waals surface area (Å²) in [7, 11) is 1.58. The molecule has 0 bridgehead atoms. The van der Waals surface area contributed by atoms with Gasteiger partial charge in [0.2, 0.25) is 0 Å². The number of esters is 1. The summed E-state index contributed by atoms with van der Waals surface area (Å²) in [6.07, 6.45) is 0.650. The lowest BCUT2D eigenvalue weighted by Crippen LogP contribution is -2.41. The largest absolute Gasteiger partial charge is 0.497 e. The van der Waals surface area contributed by atoms with Crippen LogP contribution in [0.5, 0.6) is 5.75 Å². The highest BCUT2D eigenvalue weighted by atomic mass is 32.1. The second-order valence-corrected chi connectivity index (χ2v) is 8.84. The number of aryl methyl sites for hydroxylation is 1. The number of rotatable bonds is 10. The summed E-state index contributed by atoms with van der Waals surface area (Å²) in [6, 6.07) is 15.6. The number of nitro groups is 1. The maximum absolute atomic E-state index is 13.2. The molecule has 1 amide bonds. The minimum Gasteiger partial charge on any atom is -0.497 e. The zero-order valence-corrected chi connectivity index (χ0v) is 20.0. The Bertz CT molecular complexity index is 1140. The van der Waals surface area contributed by atoms with E-state index in [0.717, 1.165) is 10.4 Å². The lowest BCUT2D eigenvalue weighted by atomic mass is 10.1. The number of hydrogen-bond donors (Lipinski definition) is 0. The van der Waals surface area contributed by atoms with Crippen molar-refractivity contribution >= 4 is 28.9 Å². The van der Waals surface area contributed by atoms with Gasteiger partial charge in [-0.1, -0.05) is 30.3 Å². The van der Waals surface area contributed by atoms with E-state index >= 15 is 0 Å². The van der Waals surface area contributed by atoms with Gasteiger partial charge in [-0.15, -0.1) is 11.3 Å². The Balaban J connectivity index is 1.75. The number of carbonyl (C=O) groups excluding carboxylic acids is 2. The van der Waals surface area contributed by atoms with E-state index in [1.54, 1.807) is 42.4 Å². The number of thiophene rings is 1. The number of carbonyl (C=O) groups is 2. The predicted molar refractivity (Wildman–Crippen MR) is 129 cm³/mol. The zero-order valence-electron chi connectivity index (χ0n) is 19.2. The van der Waals surface area contributed by atoms with Crippen LogP contribution in [0.15, 0.2) is 60.0 Å². The second kappa shape index (κ2) is 11.4. The number of benzene rings is 2. The van der Waals surface area contributed by atoms with Crippen LogP contribution >= 0.6 is 11.3 Å². The number of amides is 1. The fourth-order valence-electron chi connectivity index (χ4n) is 3.60. The molecule has 0 N–H and O–H groups in total. The normalized spacial score (nSPS) is 11.5. The fourth-order valence-corrected chi connectivity index (χ4v) is 4.43. The van der Waals surface area contributed by atoms with Crippen molar-refractivity contribution in [2.45, 2.75) is 32.9 Å². The number of hydrogen-bond acceptors (Lipinski definition) is 7. The lowest BCUT2D eigenvalue weighted by molar-refractivity contribution is -0.385. The van der Waals surface area contributed by atoms with Gasteiger partial charge in [-0.3, -0.25) is 14.9 Å². The van der Waals surface area contributed by atoms with Crippen molar-refractivity contribution < 1.29 is 24.0 Å². The zero-order chi connectivity index (χ0) is 24.7. The molecule has 3 rings (SSSR count). The van der Waals surface area contributed by atoms with Crippen molar-refractivity contribution in [1.82, 2.24) is 4.90 Å². The SMILES string of the molecule is COc1ccc(CN(C(=O)COC(=O)c2cccc(C)c2[N+](=O)[O-])C(C)Cc2cccs2)cc1. The molecule has 1 atom stereocenters. The van der Waals surface area contributed by atoms with Crippen LogP contribution in [0.2, 0.25) is 0 Å². The van der Waals surface area contributed by atoms with Crippen molar-refractivity contribution in [2.24, 2.45) is 0 Å². The van der Waals surface area contributed by atoms with Crippen LogP contribution in [0.4, 0.5) is 5.69 Å². The molecular weight excluding hydrogens is 456 g/mol. The van der Waals surface area contributed by atoms with E-state index in [2.05, 4.69) is 0 Å². The van der Waals surface area contributed by atoms with Crippen molar-refractivity contribution in [2.75, 3.05) is 13.7 Å². The molecule has 34 heavy (non-hydrogen) atoms. The van der Waals surface area contributed by atoms with E-state index in [4.69, 9.17) is 9.47 Å². The summed E-state index contributed by atoms with van der Waals surface area (Å²) in [5.74, 6) is -0.579. The van der Waals surface area contributed by atoms with Crippen LogP contribution in [-0.4, -0.2) is 41.5 Å². The number of para-hydroxylation sites is 1. The Labute approximate surface area is 201 Å². The van der Waals surface area contributed by atoms with Crippen LogP contribution in [0.25, 0.3) is 0 Å². The number of methoxy groups -OCH3 is 1. The van der Waals surface area contributed by atoms with Gasteiger partial charge in [0.05, 0.1) is 12.0 Å². The Morgan fingerprint density at radius 3 is 2.47 bits per heavy atom. The first-order chi connectivity index (χ1) is 16.3. The Morgan fingerprint density at radius 1 is 1.12 bits per heavy atom. The summed E-state index contributed by atoms with van der Waals surface area (Å²) < 4.78 is 10.4. The molecular formula is C25H26N2O6S. The van der Waals surface area contributed by atoms with Gasteiger partial charge in [-0.05, 0) is 49.1 Å². The second-order valence-electron chi connectivity index (χ2n) is 7.81. The molecule has 178 valence electrons. The fraction of sp³-hybridized carbons (Fsp3) is 0.280. The van der Waals surface area contributed by atoms with Gasteiger partial charge >= 0.3 is 5.97 Å². The van der Waals surface area contributed by atoms with Crippen LogP contribution in [0, 0.1) is 17.0 Å². The molecule has 1 unspecified atom stereocenters. The molecule has 2 aromatic carbocycles. The molecule has 0 aliphatic carbocycles. The smallest absolute Gasteiger partial charge is 0.345 e. The van der Waals surface area contributed by atoms with Crippen LogP contribution in [0.3, 0.4) is 0 Å². The summed E-state index contributed by atoms with van der Waals surface area (Å²) in [5, 5.41) is 13.4. The Hall–Kier alpha value is -3.72. The van der Waals surface area contributed by atoms with E-state index in [1.165, 1.54) is 6.07 Å². The van der Waals surface area contributed by atoms with Crippen molar-refractivity contribution in [3.8, 4) is 5.75 Å². The van der Waals surface area contributed by atoms with E-state index < -0.39 is 17.5 Å². The van der Waals surface area contributed by atoms with Crippen LogP contribution in [-0.2, 0) is 22.5 Å². The average molecular weight is 483 g/mol. The molecule has 0 saturated carbocycles. The molecule has 8 nitrogen and oxygen atoms in total. The van der Waals surface area contributed by atoms with E-state index in [1.807, 2.05) is 48.7 Å². The predicted octanol–water partition coefficient (Wildman–Crippen LogP) is 4.79. The summed E-state index contributed by atoms with van der Waals surface area (Å²) >= 11 is 1.61. The van der Waals surface area contributed by atoms with E-state index in [9.17, 15) is 19.7 Å².